The van der Waals surface area contributed by atoms with Crippen molar-refractivity contribution < 1.29 is 4.42 Å². The van der Waals surface area contributed by atoms with Crippen LogP contribution in [0.3, 0.4) is 0 Å². The van der Waals surface area contributed by atoms with Gasteiger partial charge < -0.3 is 4.42 Å². The quantitative estimate of drug-likeness (QED) is 0.606. The van der Waals surface area contributed by atoms with Crippen molar-refractivity contribution in [3.05, 3.63) is 59.1 Å². The number of allylic oxidation sites excluding steroid dienone is 5. The Morgan fingerprint density at radius 1 is 1.16 bits per heavy atom. The fraction of sp³-hybridized carbons (Fsp3) is 0.455. The molecule has 0 saturated heterocycles. The molecule has 3 rings (SSSR count). The van der Waals surface area contributed by atoms with Crippen LogP contribution in [0.4, 0.5) is 0 Å². The fourth-order valence-corrected chi connectivity index (χ4v) is 3.43. The summed E-state index contributed by atoms with van der Waals surface area (Å²) in [6, 6.07) is 3.90. The number of hydrogen-bond acceptors (Lipinski definition) is 3. The predicted molar refractivity (Wildman–Crippen MR) is 106 cm³/mol. The third-order valence-corrected chi connectivity index (χ3v) is 5.15. The van der Waals surface area contributed by atoms with Gasteiger partial charge in [-0.3, -0.25) is 9.98 Å². The highest BCUT2D eigenvalue weighted by molar-refractivity contribution is 6.26. The first kappa shape index (κ1) is 17.7. The lowest BCUT2D eigenvalue weighted by atomic mass is 9.80. The van der Waals surface area contributed by atoms with E-state index in [-0.39, 0.29) is 11.6 Å². The normalized spacial score (nSPS) is 25.7. The van der Waals surface area contributed by atoms with Gasteiger partial charge in [0.2, 0.25) is 0 Å². The highest BCUT2D eigenvalue weighted by Crippen LogP contribution is 2.35. The highest BCUT2D eigenvalue weighted by Gasteiger charge is 2.30. The fourth-order valence-electron chi connectivity index (χ4n) is 3.43. The minimum Gasteiger partial charge on any atom is -0.467 e. The average Bonchev–Trinajstić information content (AvgIpc) is 3.15. The van der Waals surface area contributed by atoms with E-state index in [4.69, 9.17) is 14.4 Å². The van der Waals surface area contributed by atoms with Crippen molar-refractivity contribution in [1.82, 2.24) is 0 Å². The smallest absolute Gasteiger partial charge is 0.127 e. The summed E-state index contributed by atoms with van der Waals surface area (Å²) < 4.78 is 5.50. The summed E-state index contributed by atoms with van der Waals surface area (Å²) in [5.41, 5.74) is 5.99. The molecule has 1 aliphatic carbocycles. The monoisotopic (exact) mass is 336 g/mol. The molecule has 25 heavy (non-hydrogen) atoms. The molecule has 2 unspecified atom stereocenters. The molecule has 1 aromatic rings. The number of dihydropyridines is 1. The van der Waals surface area contributed by atoms with Gasteiger partial charge in [0, 0.05) is 5.57 Å². The van der Waals surface area contributed by atoms with Gasteiger partial charge in [-0.2, -0.15) is 0 Å². The summed E-state index contributed by atoms with van der Waals surface area (Å²) >= 11 is 0. The number of hydrogen-bond donors (Lipinski definition) is 0. The first-order chi connectivity index (χ1) is 12.0. The summed E-state index contributed by atoms with van der Waals surface area (Å²) in [6.45, 7) is 10.9. The molecular formula is C22H28N2O. The number of rotatable bonds is 5. The second-order valence-corrected chi connectivity index (χ2v) is 7.02. The molecule has 0 N–H and O–H groups in total. The van der Waals surface area contributed by atoms with Crippen LogP contribution in [-0.2, 0) is 0 Å². The Bertz CT molecular complexity index is 790. The van der Waals surface area contributed by atoms with Crippen molar-refractivity contribution in [1.29, 1.82) is 0 Å². The lowest BCUT2D eigenvalue weighted by Gasteiger charge is -2.32. The molecule has 0 radical (unpaired) electrons. The van der Waals surface area contributed by atoms with Crippen molar-refractivity contribution in [2.45, 2.75) is 65.5 Å². The molecule has 0 amide bonds. The molecule has 0 aromatic carbocycles. The van der Waals surface area contributed by atoms with Crippen LogP contribution in [0.2, 0.25) is 0 Å². The number of aliphatic imine (C=N–C) groups is 2. The van der Waals surface area contributed by atoms with Crippen LogP contribution in [0.1, 0.15) is 65.7 Å². The van der Waals surface area contributed by atoms with Gasteiger partial charge in [-0.1, -0.05) is 26.8 Å². The van der Waals surface area contributed by atoms with Gasteiger partial charge >= 0.3 is 0 Å². The largest absolute Gasteiger partial charge is 0.467 e. The lowest BCUT2D eigenvalue weighted by Crippen LogP contribution is -2.29. The molecule has 2 heterocycles. The van der Waals surface area contributed by atoms with Gasteiger partial charge in [0.1, 0.15) is 11.8 Å². The van der Waals surface area contributed by atoms with E-state index >= 15 is 0 Å². The van der Waals surface area contributed by atoms with E-state index < -0.39 is 0 Å². The minimum absolute atomic E-state index is 0.00764. The molecule has 3 nitrogen and oxygen atoms in total. The Morgan fingerprint density at radius 3 is 2.52 bits per heavy atom. The molecule has 2 atom stereocenters. The maximum atomic E-state index is 5.50. The van der Waals surface area contributed by atoms with Gasteiger partial charge in [0.25, 0.3) is 0 Å². The van der Waals surface area contributed by atoms with Gasteiger partial charge in [-0.05, 0) is 68.5 Å². The zero-order chi connectivity index (χ0) is 18.0. The van der Waals surface area contributed by atoms with E-state index in [0.717, 1.165) is 36.4 Å². The Balaban J connectivity index is 2.04. The van der Waals surface area contributed by atoms with Crippen molar-refractivity contribution in [3.8, 4) is 0 Å². The Hall–Kier alpha value is -2.16. The molecule has 132 valence electrons. The third kappa shape index (κ3) is 3.46. The van der Waals surface area contributed by atoms with Crippen LogP contribution in [0, 0.1) is 0 Å². The van der Waals surface area contributed by atoms with Crippen molar-refractivity contribution in [2.24, 2.45) is 9.98 Å². The summed E-state index contributed by atoms with van der Waals surface area (Å²) in [5, 5.41) is 0. The molecule has 1 aromatic heterocycles. The highest BCUT2D eigenvalue weighted by atomic mass is 16.3. The molecule has 1 aliphatic heterocycles. The molecule has 0 bridgehead atoms. The van der Waals surface area contributed by atoms with Crippen LogP contribution < -0.4 is 0 Å². The second-order valence-electron chi connectivity index (χ2n) is 7.02. The van der Waals surface area contributed by atoms with Gasteiger partial charge in [-0.25, -0.2) is 0 Å². The van der Waals surface area contributed by atoms with Crippen molar-refractivity contribution in [2.75, 3.05) is 0 Å². The zero-order valence-electron chi connectivity index (χ0n) is 16.0. The molecule has 0 fully saturated rings. The van der Waals surface area contributed by atoms with Crippen LogP contribution >= 0.6 is 0 Å². The van der Waals surface area contributed by atoms with Crippen molar-refractivity contribution in [3.63, 3.8) is 0 Å². The third-order valence-electron chi connectivity index (χ3n) is 5.15. The molecule has 0 spiro atoms. The molecular weight excluding hydrogens is 308 g/mol. The first-order valence-corrected chi connectivity index (χ1v) is 9.35. The first-order valence-electron chi connectivity index (χ1n) is 9.35. The Morgan fingerprint density at radius 2 is 1.92 bits per heavy atom. The summed E-state index contributed by atoms with van der Waals surface area (Å²) in [4.78, 5) is 9.98. The summed E-state index contributed by atoms with van der Waals surface area (Å²) in [6.07, 6.45) is 11.4. The average molecular weight is 336 g/mol. The standard InChI is InChI=1S/C22H28N2O/c1-6-16-12-18(23-15(4)20-10-9-11-25-20)13-19-17(7-2)14-22(5,8-3)24-21(16)19/h9-15H,6-8H2,1-5H3. The van der Waals surface area contributed by atoms with Crippen LogP contribution in [-0.4, -0.2) is 17.0 Å². The van der Waals surface area contributed by atoms with Crippen LogP contribution in [0.25, 0.3) is 0 Å². The van der Waals surface area contributed by atoms with E-state index in [1.165, 1.54) is 16.7 Å². The predicted octanol–water partition coefficient (Wildman–Crippen LogP) is 6.02. The maximum Gasteiger partial charge on any atom is 0.127 e. The van der Waals surface area contributed by atoms with Crippen LogP contribution in [0.5, 0.6) is 0 Å². The van der Waals surface area contributed by atoms with Crippen molar-refractivity contribution >= 4 is 11.4 Å². The van der Waals surface area contributed by atoms with Gasteiger partial charge in [-0.15, -0.1) is 0 Å². The zero-order valence-corrected chi connectivity index (χ0v) is 16.0. The maximum absolute atomic E-state index is 5.50. The molecule has 3 heteroatoms. The van der Waals surface area contributed by atoms with E-state index in [2.05, 4.69) is 52.8 Å². The van der Waals surface area contributed by atoms with Gasteiger partial charge in [0.05, 0.1) is 23.2 Å². The number of fused-ring (bicyclic) bond motifs is 1. The molecule has 2 aliphatic rings. The minimum atomic E-state index is -0.0949. The number of furan rings is 1. The number of nitrogens with zero attached hydrogens (tertiary/aromatic N) is 2. The lowest BCUT2D eigenvalue weighted by molar-refractivity contribution is 0.481. The Labute approximate surface area is 151 Å². The second kappa shape index (κ2) is 6.99. The van der Waals surface area contributed by atoms with E-state index in [0.29, 0.717) is 0 Å². The SMILES string of the molecule is CCC1=CC(C)(CC)N=C2C(CC)=CC(=NC(C)c3ccco3)C=C12. The van der Waals surface area contributed by atoms with E-state index in [9.17, 15) is 0 Å². The van der Waals surface area contributed by atoms with Gasteiger partial charge in [0.15, 0.2) is 0 Å². The van der Waals surface area contributed by atoms with E-state index in [1.54, 1.807) is 6.26 Å². The van der Waals surface area contributed by atoms with Crippen LogP contribution in [0.15, 0.2) is 67.7 Å². The summed E-state index contributed by atoms with van der Waals surface area (Å²) in [7, 11) is 0. The van der Waals surface area contributed by atoms with E-state index in [1.807, 2.05) is 12.1 Å². The molecule has 0 saturated carbocycles. The summed E-state index contributed by atoms with van der Waals surface area (Å²) in [5.74, 6) is 0.894. The Kier molecular flexibility index (Phi) is 4.94. The topological polar surface area (TPSA) is 37.9 Å².